The second-order valence-corrected chi connectivity index (χ2v) is 10.9. The second kappa shape index (κ2) is 8.76. The number of fused-ring (bicyclic) bond motifs is 5. The van der Waals surface area contributed by atoms with Crippen molar-refractivity contribution in [2.75, 3.05) is 9.80 Å². The Balaban J connectivity index is 1.36. The third-order valence-corrected chi connectivity index (χ3v) is 8.82. The summed E-state index contributed by atoms with van der Waals surface area (Å²) >= 11 is 6.22. The zero-order chi connectivity index (χ0) is 26.9. The standard InChI is InChI=1S/C32H26ClN3O3/c1-2-25-27-28(30(38)36(29(27)37)22-13-8-12-21(33)17-22)32(34-25)24-15-5-6-16-26(24)35(31(32)39)18-20-11-7-10-19-9-3-4-14-23(19)20/h3-17,25,27-28,34H,2,18H2,1H3/t25-,27+,28+,32+/m1/s1. The lowest BCUT2D eigenvalue weighted by molar-refractivity contribution is -0.132. The smallest absolute Gasteiger partial charge is 0.253 e. The van der Waals surface area contributed by atoms with E-state index in [1.165, 1.54) is 4.90 Å². The minimum Gasteiger partial charge on any atom is -0.306 e. The third kappa shape index (κ3) is 3.28. The minimum atomic E-state index is -1.33. The van der Waals surface area contributed by atoms with Gasteiger partial charge in [-0.2, -0.15) is 0 Å². The van der Waals surface area contributed by atoms with Crippen molar-refractivity contribution in [3.63, 3.8) is 0 Å². The van der Waals surface area contributed by atoms with Crippen LogP contribution in [0.3, 0.4) is 0 Å². The molecule has 3 aliphatic rings. The van der Waals surface area contributed by atoms with Gasteiger partial charge in [-0.25, -0.2) is 4.90 Å². The first kappa shape index (κ1) is 24.1. The van der Waals surface area contributed by atoms with Crippen LogP contribution in [0.4, 0.5) is 11.4 Å². The molecule has 0 unspecified atom stereocenters. The first-order chi connectivity index (χ1) is 19.0. The van der Waals surface area contributed by atoms with Gasteiger partial charge in [0.15, 0.2) is 0 Å². The van der Waals surface area contributed by atoms with Crippen LogP contribution in [0.1, 0.15) is 24.5 Å². The molecule has 0 aromatic heterocycles. The molecule has 2 fully saturated rings. The average Bonchev–Trinajstić information content (AvgIpc) is 3.52. The largest absolute Gasteiger partial charge is 0.306 e. The number of benzene rings is 4. The van der Waals surface area contributed by atoms with Crippen molar-refractivity contribution in [3.05, 3.63) is 107 Å². The molecule has 7 rings (SSSR count). The van der Waals surface area contributed by atoms with Gasteiger partial charge in [0.2, 0.25) is 11.8 Å². The van der Waals surface area contributed by atoms with Gasteiger partial charge in [-0.05, 0) is 47.0 Å². The summed E-state index contributed by atoms with van der Waals surface area (Å²) in [4.78, 5) is 45.7. The van der Waals surface area contributed by atoms with Gasteiger partial charge in [-0.15, -0.1) is 0 Å². The van der Waals surface area contributed by atoms with E-state index in [4.69, 9.17) is 11.6 Å². The summed E-state index contributed by atoms with van der Waals surface area (Å²) in [5, 5.41) is 6.15. The molecule has 7 heteroatoms. The molecule has 0 aliphatic carbocycles. The molecule has 39 heavy (non-hydrogen) atoms. The van der Waals surface area contributed by atoms with Crippen molar-refractivity contribution in [1.82, 2.24) is 5.32 Å². The van der Waals surface area contributed by atoms with E-state index in [0.29, 0.717) is 23.7 Å². The number of imide groups is 1. The van der Waals surface area contributed by atoms with Crippen molar-refractivity contribution in [1.29, 1.82) is 0 Å². The fraction of sp³-hybridized carbons (Fsp3) is 0.219. The van der Waals surface area contributed by atoms with Gasteiger partial charge in [0.1, 0.15) is 5.54 Å². The lowest BCUT2D eigenvalue weighted by Gasteiger charge is -2.30. The summed E-state index contributed by atoms with van der Waals surface area (Å²) in [6, 6.07) is 28.3. The number of nitrogens with one attached hydrogen (secondary N) is 1. The van der Waals surface area contributed by atoms with Crippen LogP contribution >= 0.6 is 11.6 Å². The molecular formula is C32H26ClN3O3. The number of carbonyl (C=O) groups excluding carboxylic acids is 3. The van der Waals surface area contributed by atoms with Gasteiger partial charge in [0.05, 0.1) is 24.1 Å². The zero-order valence-corrected chi connectivity index (χ0v) is 22.1. The van der Waals surface area contributed by atoms with Crippen molar-refractivity contribution in [3.8, 4) is 0 Å². The van der Waals surface area contributed by atoms with Crippen LogP contribution in [0.25, 0.3) is 10.8 Å². The quantitative estimate of drug-likeness (QED) is 0.354. The van der Waals surface area contributed by atoms with E-state index >= 15 is 0 Å². The number of carbonyl (C=O) groups is 3. The molecule has 0 bridgehead atoms. The van der Waals surface area contributed by atoms with E-state index in [1.54, 1.807) is 29.2 Å². The maximum absolute atomic E-state index is 14.6. The average molecular weight is 536 g/mol. The highest BCUT2D eigenvalue weighted by atomic mass is 35.5. The number of amides is 3. The molecule has 3 aliphatic heterocycles. The number of anilines is 2. The fourth-order valence-electron chi connectivity index (χ4n) is 6.93. The van der Waals surface area contributed by atoms with Crippen LogP contribution in [0.5, 0.6) is 0 Å². The number of rotatable bonds is 4. The predicted octanol–water partition coefficient (Wildman–Crippen LogP) is 5.42. The summed E-state index contributed by atoms with van der Waals surface area (Å²) in [5.41, 5.74) is 1.63. The normalized spacial score (nSPS) is 25.7. The van der Waals surface area contributed by atoms with E-state index in [0.717, 1.165) is 27.6 Å². The Morgan fingerprint density at radius 2 is 1.62 bits per heavy atom. The highest BCUT2D eigenvalue weighted by Crippen LogP contribution is 2.55. The van der Waals surface area contributed by atoms with Gasteiger partial charge in [0, 0.05) is 22.3 Å². The Bertz CT molecular complexity index is 1680. The number of halogens is 1. The molecule has 4 aromatic rings. The highest BCUT2D eigenvalue weighted by molar-refractivity contribution is 6.31. The fourth-order valence-corrected chi connectivity index (χ4v) is 7.11. The van der Waals surface area contributed by atoms with Crippen LogP contribution in [-0.4, -0.2) is 23.8 Å². The van der Waals surface area contributed by atoms with Gasteiger partial charge in [-0.3, -0.25) is 19.7 Å². The predicted molar refractivity (Wildman–Crippen MR) is 151 cm³/mol. The van der Waals surface area contributed by atoms with Crippen molar-refractivity contribution < 1.29 is 14.4 Å². The van der Waals surface area contributed by atoms with Gasteiger partial charge in [0.25, 0.3) is 5.91 Å². The molecule has 4 atom stereocenters. The Morgan fingerprint density at radius 3 is 2.44 bits per heavy atom. The Kier molecular flexibility index (Phi) is 5.41. The number of para-hydroxylation sites is 1. The lowest BCUT2D eigenvalue weighted by atomic mass is 9.76. The molecule has 3 amide bonds. The van der Waals surface area contributed by atoms with Crippen molar-refractivity contribution in [2.45, 2.75) is 31.5 Å². The van der Waals surface area contributed by atoms with Crippen LogP contribution < -0.4 is 15.1 Å². The highest BCUT2D eigenvalue weighted by Gasteiger charge is 2.71. The summed E-state index contributed by atoms with van der Waals surface area (Å²) in [6.45, 7) is 2.34. The maximum Gasteiger partial charge on any atom is 0.253 e. The number of hydrogen-bond acceptors (Lipinski definition) is 4. The zero-order valence-electron chi connectivity index (χ0n) is 21.3. The Labute approximate surface area is 231 Å². The molecule has 0 saturated carbocycles. The van der Waals surface area contributed by atoms with Crippen LogP contribution in [-0.2, 0) is 26.5 Å². The van der Waals surface area contributed by atoms with Gasteiger partial charge >= 0.3 is 0 Å². The lowest BCUT2D eigenvalue weighted by Crippen LogP contribution is -2.55. The monoisotopic (exact) mass is 535 g/mol. The summed E-state index contributed by atoms with van der Waals surface area (Å²) in [6.07, 6.45) is 0.601. The summed E-state index contributed by atoms with van der Waals surface area (Å²) < 4.78 is 0. The van der Waals surface area contributed by atoms with E-state index in [1.807, 2.05) is 55.5 Å². The third-order valence-electron chi connectivity index (χ3n) is 8.58. The number of nitrogens with zero attached hydrogens (tertiary/aromatic N) is 2. The molecule has 2 saturated heterocycles. The molecule has 3 heterocycles. The Morgan fingerprint density at radius 1 is 0.872 bits per heavy atom. The first-order valence-electron chi connectivity index (χ1n) is 13.2. The molecule has 0 radical (unpaired) electrons. The minimum absolute atomic E-state index is 0.198. The van der Waals surface area contributed by atoms with E-state index in [2.05, 4.69) is 23.5 Å². The SMILES string of the molecule is CC[C@H]1N[C@]2(C(=O)N(Cc3cccc4ccccc34)c3ccccc32)[C@@H]2C(=O)N(c3cccc(Cl)c3)C(=O)[C@H]21. The molecule has 1 N–H and O–H groups in total. The van der Waals surface area contributed by atoms with Gasteiger partial charge < -0.3 is 4.90 Å². The summed E-state index contributed by atoms with van der Waals surface area (Å²) in [7, 11) is 0. The first-order valence-corrected chi connectivity index (χ1v) is 13.6. The van der Waals surface area contributed by atoms with Crippen molar-refractivity contribution >= 4 is 51.5 Å². The molecule has 6 nitrogen and oxygen atoms in total. The topological polar surface area (TPSA) is 69.7 Å². The van der Waals surface area contributed by atoms with Crippen LogP contribution in [0.2, 0.25) is 5.02 Å². The van der Waals surface area contributed by atoms with E-state index in [9.17, 15) is 14.4 Å². The maximum atomic E-state index is 14.6. The summed E-state index contributed by atoms with van der Waals surface area (Å²) in [5.74, 6) is -2.38. The van der Waals surface area contributed by atoms with Crippen molar-refractivity contribution in [2.24, 2.45) is 11.8 Å². The molecule has 194 valence electrons. The van der Waals surface area contributed by atoms with Crippen LogP contribution in [0.15, 0.2) is 91.0 Å². The molecule has 4 aromatic carbocycles. The van der Waals surface area contributed by atoms with Gasteiger partial charge in [-0.1, -0.05) is 85.3 Å². The van der Waals surface area contributed by atoms with E-state index in [-0.39, 0.29) is 23.8 Å². The van der Waals surface area contributed by atoms with Crippen LogP contribution in [0, 0.1) is 11.8 Å². The number of hydrogen-bond donors (Lipinski definition) is 1. The van der Waals surface area contributed by atoms with E-state index < -0.39 is 17.4 Å². The molecule has 1 spiro atoms. The second-order valence-electron chi connectivity index (χ2n) is 10.5. The Hall–Kier alpha value is -4.00. The molecular weight excluding hydrogens is 510 g/mol.